The van der Waals surface area contributed by atoms with Crippen molar-refractivity contribution in [1.82, 2.24) is 10.2 Å². The molecule has 0 bridgehead atoms. The maximum Gasteiger partial charge on any atom is 0.126 e. The highest BCUT2D eigenvalue weighted by Crippen LogP contribution is 2.28. The van der Waals surface area contributed by atoms with Crippen LogP contribution in [0, 0.1) is 5.82 Å². The van der Waals surface area contributed by atoms with Crippen LogP contribution in [-0.4, -0.2) is 10.2 Å². The Balaban J connectivity index is 1.83. The van der Waals surface area contributed by atoms with Crippen molar-refractivity contribution < 1.29 is 4.39 Å². The molecule has 1 heterocycles. The van der Waals surface area contributed by atoms with Crippen LogP contribution in [0.2, 0.25) is 0 Å². The highest BCUT2D eigenvalue weighted by atomic mass is 32.2. The second-order valence-electron chi connectivity index (χ2n) is 3.99. The van der Waals surface area contributed by atoms with Gasteiger partial charge in [0.05, 0.1) is 5.52 Å². The maximum absolute atomic E-state index is 13.0. The van der Waals surface area contributed by atoms with E-state index in [1.165, 1.54) is 17.7 Å². The van der Waals surface area contributed by atoms with Crippen LogP contribution in [0.25, 0.3) is 10.9 Å². The van der Waals surface area contributed by atoms with Gasteiger partial charge >= 0.3 is 0 Å². The Labute approximate surface area is 108 Å². The number of hydrogen-bond acceptors (Lipinski definition) is 2. The molecule has 0 aliphatic rings. The Bertz CT molecular complexity index is 664. The number of aromatic amines is 1. The number of nitrogens with zero attached hydrogens (tertiary/aromatic N) is 1. The highest BCUT2D eigenvalue weighted by Gasteiger charge is 2.07. The Kier molecular flexibility index (Phi) is 3.02. The summed E-state index contributed by atoms with van der Waals surface area (Å²) >= 11 is 1.65. The second kappa shape index (κ2) is 4.82. The van der Waals surface area contributed by atoms with Crippen LogP contribution in [0.15, 0.2) is 53.6 Å². The largest absolute Gasteiger partial charge is 0.277 e. The molecule has 4 heteroatoms. The monoisotopic (exact) mass is 258 g/mol. The SMILES string of the molecule is Fc1ccc2c(SCc3ccccc3)n[nH]c2c1. The number of nitrogens with one attached hydrogen (secondary N) is 1. The van der Waals surface area contributed by atoms with Crippen molar-refractivity contribution in [2.24, 2.45) is 0 Å². The molecule has 1 aromatic heterocycles. The number of fused-ring (bicyclic) bond motifs is 1. The number of H-pyrrole nitrogens is 1. The summed E-state index contributed by atoms with van der Waals surface area (Å²) in [4.78, 5) is 0. The topological polar surface area (TPSA) is 28.7 Å². The minimum absolute atomic E-state index is 0.245. The van der Waals surface area contributed by atoms with E-state index in [2.05, 4.69) is 22.3 Å². The first-order valence-corrected chi connectivity index (χ1v) is 6.62. The fourth-order valence-electron chi connectivity index (χ4n) is 1.80. The van der Waals surface area contributed by atoms with Crippen LogP contribution in [0.1, 0.15) is 5.56 Å². The minimum atomic E-state index is -0.245. The van der Waals surface area contributed by atoms with Crippen molar-refractivity contribution in [3.05, 3.63) is 59.9 Å². The molecular formula is C14H11FN2S. The number of halogens is 1. The van der Waals surface area contributed by atoms with Gasteiger partial charge in [0.1, 0.15) is 10.8 Å². The van der Waals surface area contributed by atoms with Crippen LogP contribution < -0.4 is 0 Å². The fourth-order valence-corrected chi connectivity index (χ4v) is 2.74. The van der Waals surface area contributed by atoms with Crippen molar-refractivity contribution in [3.63, 3.8) is 0 Å². The van der Waals surface area contributed by atoms with Crippen molar-refractivity contribution in [3.8, 4) is 0 Å². The van der Waals surface area contributed by atoms with Gasteiger partial charge in [-0.25, -0.2) is 4.39 Å². The molecule has 0 aliphatic heterocycles. The van der Waals surface area contributed by atoms with Crippen LogP contribution >= 0.6 is 11.8 Å². The van der Waals surface area contributed by atoms with Gasteiger partial charge in [0.25, 0.3) is 0 Å². The zero-order chi connectivity index (χ0) is 12.4. The summed E-state index contributed by atoms with van der Waals surface area (Å²) in [5.41, 5.74) is 1.99. The normalized spacial score (nSPS) is 10.9. The zero-order valence-electron chi connectivity index (χ0n) is 9.56. The standard InChI is InChI=1S/C14H11FN2S/c15-11-6-7-12-13(8-11)16-17-14(12)18-9-10-4-2-1-3-5-10/h1-8H,9H2,(H,16,17). The molecule has 0 fully saturated rings. The molecule has 0 radical (unpaired) electrons. The third kappa shape index (κ3) is 2.24. The predicted molar refractivity (Wildman–Crippen MR) is 72.1 cm³/mol. The molecule has 90 valence electrons. The minimum Gasteiger partial charge on any atom is -0.277 e. The molecule has 3 rings (SSSR count). The summed E-state index contributed by atoms with van der Waals surface area (Å²) in [6.07, 6.45) is 0. The predicted octanol–water partition coefficient (Wildman–Crippen LogP) is 3.99. The number of aromatic nitrogens is 2. The number of rotatable bonds is 3. The Hall–Kier alpha value is -1.81. The Morgan fingerprint density at radius 3 is 2.78 bits per heavy atom. The van der Waals surface area contributed by atoms with Gasteiger partial charge in [0, 0.05) is 11.1 Å². The third-order valence-corrected chi connectivity index (χ3v) is 3.77. The Morgan fingerprint density at radius 1 is 1.11 bits per heavy atom. The number of thioether (sulfide) groups is 1. The average Bonchev–Trinajstić information content (AvgIpc) is 2.80. The van der Waals surface area contributed by atoms with E-state index in [-0.39, 0.29) is 5.82 Å². The number of benzene rings is 2. The summed E-state index contributed by atoms with van der Waals surface area (Å²) < 4.78 is 13.0. The van der Waals surface area contributed by atoms with Gasteiger partial charge in [-0.1, -0.05) is 42.1 Å². The van der Waals surface area contributed by atoms with Gasteiger partial charge in [-0.15, -0.1) is 0 Å². The molecule has 0 amide bonds. The average molecular weight is 258 g/mol. The molecule has 0 unspecified atom stereocenters. The first-order chi connectivity index (χ1) is 8.83. The molecule has 2 aromatic carbocycles. The molecule has 2 nitrogen and oxygen atoms in total. The molecule has 0 saturated carbocycles. The summed E-state index contributed by atoms with van der Waals surface area (Å²) in [7, 11) is 0. The molecular weight excluding hydrogens is 247 g/mol. The van der Waals surface area contributed by atoms with E-state index in [4.69, 9.17) is 0 Å². The van der Waals surface area contributed by atoms with Crippen molar-refractivity contribution in [1.29, 1.82) is 0 Å². The van der Waals surface area contributed by atoms with Gasteiger partial charge in [0.2, 0.25) is 0 Å². The smallest absolute Gasteiger partial charge is 0.126 e. The molecule has 0 spiro atoms. The maximum atomic E-state index is 13.0. The third-order valence-electron chi connectivity index (χ3n) is 2.71. The molecule has 0 saturated heterocycles. The lowest BCUT2D eigenvalue weighted by atomic mass is 10.2. The Morgan fingerprint density at radius 2 is 1.94 bits per heavy atom. The number of hydrogen-bond donors (Lipinski definition) is 1. The first kappa shape index (κ1) is 11.3. The van der Waals surface area contributed by atoms with Crippen LogP contribution in [0.3, 0.4) is 0 Å². The van der Waals surface area contributed by atoms with Gasteiger partial charge < -0.3 is 0 Å². The summed E-state index contributed by atoms with van der Waals surface area (Å²) in [5.74, 6) is 0.615. The second-order valence-corrected chi connectivity index (χ2v) is 4.96. The summed E-state index contributed by atoms with van der Waals surface area (Å²) in [6.45, 7) is 0. The van der Waals surface area contributed by atoms with E-state index in [1.807, 2.05) is 18.2 Å². The van der Waals surface area contributed by atoms with E-state index in [0.29, 0.717) is 0 Å². The quantitative estimate of drug-likeness (QED) is 0.719. The van der Waals surface area contributed by atoms with Crippen LogP contribution in [0.4, 0.5) is 4.39 Å². The lowest BCUT2D eigenvalue weighted by molar-refractivity contribution is 0.629. The van der Waals surface area contributed by atoms with Gasteiger partial charge in [-0.05, 0) is 23.8 Å². The van der Waals surface area contributed by atoms with Crippen LogP contribution in [-0.2, 0) is 5.75 Å². The van der Waals surface area contributed by atoms with E-state index in [1.54, 1.807) is 17.8 Å². The summed E-state index contributed by atoms with van der Waals surface area (Å²) in [5, 5.41) is 8.96. The fraction of sp³-hybridized carbons (Fsp3) is 0.0714. The molecule has 1 N–H and O–H groups in total. The molecule has 18 heavy (non-hydrogen) atoms. The van der Waals surface area contributed by atoms with Gasteiger partial charge in [-0.2, -0.15) is 5.10 Å². The molecule has 0 atom stereocenters. The van der Waals surface area contributed by atoms with Crippen molar-refractivity contribution >= 4 is 22.7 Å². The van der Waals surface area contributed by atoms with E-state index in [9.17, 15) is 4.39 Å². The molecule has 3 aromatic rings. The zero-order valence-corrected chi connectivity index (χ0v) is 10.4. The van der Waals surface area contributed by atoms with E-state index in [0.717, 1.165) is 21.7 Å². The highest BCUT2D eigenvalue weighted by molar-refractivity contribution is 7.98. The summed E-state index contributed by atoms with van der Waals surface area (Å²) in [6, 6.07) is 14.9. The van der Waals surface area contributed by atoms with Crippen LogP contribution in [0.5, 0.6) is 0 Å². The van der Waals surface area contributed by atoms with Crippen molar-refractivity contribution in [2.45, 2.75) is 10.8 Å². The van der Waals surface area contributed by atoms with Gasteiger partial charge in [0.15, 0.2) is 0 Å². The molecule has 0 aliphatic carbocycles. The van der Waals surface area contributed by atoms with Crippen molar-refractivity contribution in [2.75, 3.05) is 0 Å². The van der Waals surface area contributed by atoms with E-state index >= 15 is 0 Å². The van der Waals surface area contributed by atoms with E-state index < -0.39 is 0 Å². The van der Waals surface area contributed by atoms with Gasteiger partial charge in [-0.3, -0.25) is 5.10 Å². The first-order valence-electron chi connectivity index (χ1n) is 5.63. The lowest BCUT2D eigenvalue weighted by Crippen LogP contribution is -1.80. The lowest BCUT2D eigenvalue weighted by Gasteiger charge is -1.99.